The van der Waals surface area contributed by atoms with Crippen molar-refractivity contribution < 1.29 is 23.8 Å². The van der Waals surface area contributed by atoms with Gasteiger partial charge in [0.15, 0.2) is 0 Å². The number of fused-ring (bicyclic) bond motifs is 2. The quantitative estimate of drug-likeness (QED) is 0.427. The van der Waals surface area contributed by atoms with Crippen LogP contribution in [0, 0.1) is 5.92 Å². The highest BCUT2D eigenvalue weighted by molar-refractivity contribution is 6.06. The lowest BCUT2D eigenvalue weighted by Gasteiger charge is -2.33. The number of benzene rings is 1. The first-order valence-electron chi connectivity index (χ1n) is 14.3. The average molecular weight is 536 g/mol. The van der Waals surface area contributed by atoms with Crippen molar-refractivity contribution in [3.8, 4) is 0 Å². The molecule has 1 unspecified atom stereocenters. The molecule has 0 bridgehead atoms. The molecule has 1 aromatic carbocycles. The highest BCUT2D eigenvalue weighted by Gasteiger charge is 2.38. The number of pyridine rings is 1. The van der Waals surface area contributed by atoms with Gasteiger partial charge in [0.1, 0.15) is 11.4 Å². The van der Waals surface area contributed by atoms with E-state index in [0.29, 0.717) is 23.7 Å². The molecule has 210 valence electrons. The van der Waals surface area contributed by atoms with Gasteiger partial charge in [-0.25, -0.2) is 14.7 Å². The number of carbonyl (C=O) groups is 2. The molecule has 8 heteroatoms. The van der Waals surface area contributed by atoms with Crippen LogP contribution >= 0.6 is 0 Å². The van der Waals surface area contributed by atoms with E-state index in [9.17, 15) is 9.59 Å². The molecule has 1 aromatic heterocycles. The van der Waals surface area contributed by atoms with Gasteiger partial charge >= 0.3 is 6.09 Å². The zero-order chi connectivity index (χ0) is 27.7. The van der Waals surface area contributed by atoms with Crippen LogP contribution in [-0.2, 0) is 25.5 Å². The fourth-order valence-electron chi connectivity index (χ4n) is 5.85. The third-order valence-corrected chi connectivity index (χ3v) is 7.57. The normalized spacial score (nSPS) is 23.3. The van der Waals surface area contributed by atoms with Crippen LogP contribution in [0.1, 0.15) is 90.4 Å². The Morgan fingerprint density at radius 2 is 1.82 bits per heavy atom. The highest BCUT2D eigenvalue weighted by Crippen LogP contribution is 2.44. The molecule has 0 spiro atoms. The Bertz CT molecular complexity index is 1190. The summed E-state index contributed by atoms with van der Waals surface area (Å²) in [6.45, 7) is 10.7. The zero-order valence-electron chi connectivity index (χ0n) is 23.8. The van der Waals surface area contributed by atoms with Gasteiger partial charge in [-0.15, -0.1) is 0 Å². The lowest BCUT2D eigenvalue weighted by Crippen LogP contribution is -2.39. The first-order chi connectivity index (χ1) is 18.6. The lowest BCUT2D eigenvalue weighted by atomic mass is 9.86. The summed E-state index contributed by atoms with van der Waals surface area (Å²) >= 11 is 0. The lowest BCUT2D eigenvalue weighted by molar-refractivity contribution is -0.124. The molecule has 1 aliphatic carbocycles. The van der Waals surface area contributed by atoms with Crippen LogP contribution in [0.25, 0.3) is 0 Å². The molecule has 2 aliphatic heterocycles. The molecule has 8 nitrogen and oxygen atoms in total. The molecule has 2 amide bonds. The van der Waals surface area contributed by atoms with E-state index in [1.54, 1.807) is 6.20 Å². The Morgan fingerprint density at radius 1 is 1.05 bits per heavy atom. The van der Waals surface area contributed by atoms with Crippen LogP contribution in [-0.4, -0.2) is 41.4 Å². The van der Waals surface area contributed by atoms with Gasteiger partial charge in [-0.3, -0.25) is 4.79 Å². The topological polar surface area (TPSA) is 81.2 Å². The standard InChI is InChI=1S/C31H41N3O5/c1-20(2)38-24-13-10-21(11-14-24)29(35)33-19-23-8-6-16-32-28(23)34(30(36)39-31(3,4)5)25-15-12-22(18-26(25)33)27-9-7-17-37-27/h6,8,12,15-16,18,20-21,24,27H,7,9-11,13-14,17,19H2,1-5H3. The number of hydrogen-bond donors (Lipinski definition) is 0. The Morgan fingerprint density at radius 3 is 2.49 bits per heavy atom. The molecule has 2 aromatic rings. The molecular formula is C31H41N3O5. The van der Waals surface area contributed by atoms with Crippen LogP contribution in [0.15, 0.2) is 36.5 Å². The van der Waals surface area contributed by atoms with Crippen LogP contribution in [0.3, 0.4) is 0 Å². The Labute approximate surface area is 231 Å². The van der Waals surface area contributed by atoms with Crippen molar-refractivity contribution in [1.29, 1.82) is 0 Å². The maximum atomic E-state index is 14.2. The second kappa shape index (κ2) is 11.3. The van der Waals surface area contributed by atoms with Gasteiger partial charge in [0, 0.05) is 24.3 Å². The van der Waals surface area contributed by atoms with Crippen LogP contribution < -0.4 is 9.80 Å². The second-order valence-corrected chi connectivity index (χ2v) is 12.1. The zero-order valence-corrected chi connectivity index (χ0v) is 23.8. The van der Waals surface area contributed by atoms with Crippen molar-refractivity contribution in [3.63, 3.8) is 0 Å². The van der Waals surface area contributed by atoms with E-state index in [-0.39, 0.29) is 30.1 Å². The maximum Gasteiger partial charge on any atom is 0.420 e. The molecule has 0 N–H and O–H groups in total. The van der Waals surface area contributed by atoms with E-state index in [4.69, 9.17) is 14.2 Å². The smallest absolute Gasteiger partial charge is 0.420 e. The van der Waals surface area contributed by atoms with Crippen molar-refractivity contribution in [2.75, 3.05) is 16.4 Å². The number of hydrogen-bond acceptors (Lipinski definition) is 6. The molecule has 39 heavy (non-hydrogen) atoms. The van der Waals surface area contributed by atoms with Crippen LogP contribution in [0.4, 0.5) is 22.0 Å². The second-order valence-electron chi connectivity index (χ2n) is 12.1. The highest BCUT2D eigenvalue weighted by atomic mass is 16.6. The van der Waals surface area contributed by atoms with E-state index < -0.39 is 11.7 Å². The number of rotatable bonds is 4. The molecule has 1 saturated carbocycles. The van der Waals surface area contributed by atoms with E-state index in [1.165, 1.54) is 4.90 Å². The first kappa shape index (κ1) is 27.6. The molecule has 1 saturated heterocycles. The molecule has 0 radical (unpaired) electrons. The number of anilines is 3. The van der Waals surface area contributed by atoms with Gasteiger partial charge in [-0.1, -0.05) is 12.1 Å². The number of carbonyl (C=O) groups excluding carboxylic acids is 2. The van der Waals surface area contributed by atoms with Crippen molar-refractivity contribution in [1.82, 2.24) is 4.98 Å². The number of nitrogens with zero attached hydrogens (tertiary/aromatic N) is 3. The van der Waals surface area contributed by atoms with E-state index in [2.05, 4.69) is 18.8 Å². The minimum Gasteiger partial charge on any atom is -0.443 e. The number of amides is 2. The van der Waals surface area contributed by atoms with E-state index >= 15 is 0 Å². The maximum absolute atomic E-state index is 14.2. The summed E-state index contributed by atoms with van der Waals surface area (Å²) in [5, 5.41) is 0. The fraction of sp³-hybridized carbons (Fsp3) is 0.581. The molecule has 3 heterocycles. The fourth-order valence-corrected chi connectivity index (χ4v) is 5.85. The SMILES string of the molecule is CC(C)OC1CCC(C(=O)N2Cc3cccnc3N(C(=O)OC(C)(C)C)c3ccc(C4CCCO4)cc32)CC1. The van der Waals surface area contributed by atoms with Gasteiger partial charge in [0.05, 0.1) is 36.2 Å². The summed E-state index contributed by atoms with van der Waals surface area (Å²) in [5.74, 6) is 0.455. The summed E-state index contributed by atoms with van der Waals surface area (Å²) < 4.78 is 17.9. The van der Waals surface area contributed by atoms with E-state index in [0.717, 1.165) is 56.3 Å². The summed E-state index contributed by atoms with van der Waals surface area (Å²) in [7, 11) is 0. The van der Waals surface area contributed by atoms with Crippen molar-refractivity contribution in [2.45, 2.75) is 104 Å². The summed E-state index contributed by atoms with van der Waals surface area (Å²) in [6.07, 6.45) is 6.75. The van der Waals surface area contributed by atoms with Crippen molar-refractivity contribution in [2.24, 2.45) is 5.92 Å². The summed E-state index contributed by atoms with van der Waals surface area (Å²) in [4.78, 5) is 35.9. The Kier molecular flexibility index (Phi) is 7.96. The molecule has 2 fully saturated rings. The van der Waals surface area contributed by atoms with Gasteiger partial charge in [0.25, 0.3) is 0 Å². The molecule has 1 atom stereocenters. The average Bonchev–Trinajstić information content (AvgIpc) is 3.38. The van der Waals surface area contributed by atoms with Gasteiger partial charge < -0.3 is 19.1 Å². The largest absolute Gasteiger partial charge is 0.443 e. The minimum atomic E-state index is -0.692. The van der Waals surface area contributed by atoms with Crippen molar-refractivity contribution in [3.05, 3.63) is 47.7 Å². The Hall–Kier alpha value is -2.97. The molecule has 5 rings (SSSR count). The third-order valence-electron chi connectivity index (χ3n) is 7.57. The monoisotopic (exact) mass is 535 g/mol. The molecule has 3 aliphatic rings. The van der Waals surface area contributed by atoms with Gasteiger partial charge in [0.2, 0.25) is 5.91 Å². The predicted molar refractivity (Wildman–Crippen MR) is 150 cm³/mol. The summed E-state index contributed by atoms with van der Waals surface area (Å²) in [5.41, 5.74) is 2.40. The number of aromatic nitrogens is 1. The van der Waals surface area contributed by atoms with Crippen LogP contribution in [0.2, 0.25) is 0 Å². The molecular weight excluding hydrogens is 494 g/mol. The van der Waals surface area contributed by atoms with Gasteiger partial charge in [-0.2, -0.15) is 0 Å². The van der Waals surface area contributed by atoms with Crippen LogP contribution in [0.5, 0.6) is 0 Å². The summed E-state index contributed by atoms with van der Waals surface area (Å²) in [6, 6.07) is 9.71. The Balaban J connectivity index is 1.55. The first-order valence-corrected chi connectivity index (χ1v) is 14.3. The predicted octanol–water partition coefficient (Wildman–Crippen LogP) is 6.84. The number of ether oxygens (including phenoxy) is 3. The van der Waals surface area contributed by atoms with Gasteiger partial charge in [-0.05, 0) is 96.9 Å². The minimum absolute atomic E-state index is 0.0189. The third kappa shape index (κ3) is 6.12. The van der Waals surface area contributed by atoms with E-state index in [1.807, 2.05) is 56.0 Å². The van der Waals surface area contributed by atoms with Crippen molar-refractivity contribution >= 4 is 29.2 Å².